The fraction of sp³-hybridized carbons (Fsp3) is 0.273. The summed E-state index contributed by atoms with van der Waals surface area (Å²) in [5.41, 5.74) is -0.267. The summed E-state index contributed by atoms with van der Waals surface area (Å²) in [7, 11) is 0. The third-order valence-electron chi connectivity index (χ3n) is 5.82. The Hall–Kier alpha value is -3.40. The number of nitrogens with one attached hydrogen (secondary N) is 1. The van der Waals surface area contributed by atoms with Crippen LogP contribution < -0.4 is 15.5 Å². The minimum Gasteiger partial charge on any atom is -0.477 e. The summed E-state index contributed by atoms with van der Waals surface area (Å²) < 4.78 is 61.9. The molecule has 2 aromatic carbocycles. The van der Waals surface area contributed by atoms with E-state index in [2.05, 4.69) is 5.32 Å². The van der Waals surface area contributed by atoms with Crippen LogP contribution in [0, 0.1) is 5.82 Å². The van der Waals surface area contributed by atoms with Crippen LogP contribution in [0.1, 0.15) is 33.9 Å². The number of hydrogen-bond acceptors (Lipinski definition) is 4. The molecular formula is C22H16F4N2O4. The maximum Gasteiger partial charge on any atom is 0.387 e. The first-order chi connectivity index (χ1) is 15.3. The van der Waals surface area contributed by atoms with Gasteiger partial charge in [-0.05, 0) is 28.8 Å². The van der Waals surface area contributed by atoms with Crippen LogP contribution in [0.3, 0.4) is 0 Å². The molecule has 1 aromatic heterocycles. The van der Waals surface area contributed by atoms with Crippen molar-refractivity contribution in [3.63, 3.8) is 0 Å². The molecule has 1 aliphatic carbocycles. The van der Waals surface area contributed by atoms with Crippen molar-refractivity contribution in [1.82, 2.24) is 9.88 Å². The Morgan fingerprint density at radius 3 is 2.59 bits per heavy atom. The monoisotopic (exact) mass is 448 g/mol. The molecule has 2 aliphatic rings. The Labute approximate surface area is 178 Å². The molecule has 0 radical (unpaired) electrons. The van der Waals surface area contributed by atoms with Crippen molar-refractivity contribution in [2.75, 3.05) is 0 Å². The Morgan fingerprint density at radius 2 is 1.94 bits per heavy atom. The maximum absolute atomic E-state index is 15.3. The average Bonchev–Trinajstić information content (AvgIpc) is 3.26. The smallest absolute Gasteiger partial charge is 0.387 e. The Balaban J connectivity index is 1.87. The molecule has 10 heteroatoms. The number of carboxylic acid groups (broad SMARTS) is 1. The molecule has 6 nitrogen and oxygen atoms in total. The number of alkyl halides is 3. The van der Waals surface area contributed by atoms with E-state index in [1.165, 1.54) is 0 Å². The molecule has 32 heavy (non-hydrogen) atoms. The van der Waals surface area contributed by atoms with Gasteiger partial charge in [0.15, 0.2) is 5.75 Å². The third kappa shape index (κ3) is 3.22. The van der Waals surface area contributed by atoms with E-state index in [-0.39, 0.29) is 23.1 Å². The first-order valence-corrected chi connectivity index (χ1v) is 9.82. The van der Waals surface area contributed by atoms with E-state index in [9.17, 15) is 27.9 Å². The number of fused-ring (bicyclic) bond motifs is 2. The number of pyridine rings is 1. The minimum atomic E-state index is -3.36. The molecule has 1 saturated carbocycles. The summed E-state index contributed by atoms with van der Waals surface area (Å²) in [5.74, 6) is -3.25. The largest absolute Gasteiger partial charge is 0.477 e. The van der Waals surface area contributed by atoms with E-state index in [1.807, 2.05) is 0 Å². The standard InChI is InChI=1S/C22H16F4N2O4/c23-14-5-16(14)28-8-13(21(30)31)19(29)12-4-15(24)17(20(18(12)28)32-22(25)26)9-1-2-10-6-27-7-11(10)3-9/h1-4,8,14,16,22,27H,5-7H2,(H,30,31). The number of carbonyl (C=O) groups is 1. The normalized spacial score (nSPS) is 19.4. The predicted molar refractivity (Wildman–Crippen MR) is 106 cm³/mol. The molecule has 166 valence electrons. The van der Waals surface area contributed by atoms with Gasteiger partial charge < -0.3 is 19.7 Å². The highest BCUT2D eigenvalue weighted by atomic mass is 19.3. The molecule has 0 saturated heterocycles. The second kappa shape index (κ2) is 7.33. The van der Waals surface area contributed by atoms with Crippen LogP contribution in [0.4, 0.5) is 17.6 Å². The summed E-state index contributed by atoms with van der Waals surface area (Å²) >= 11 is 0. The lowest BCUT2D eigenvalue weighted by atomic mass is 9.97. The highest BCUT2D eigenvalue weighted by molar-refractivity contribution is 5.98. The van der Waals surface area contributed by atoms with Gasteiger partial charge in [0.05, 0.1) is 22.5 Å². The van der Waals surface area contributed by atoms with Gasteiger partial charge in [-0.3, -0.25) is 4.79 Å². The Bertz CT molecular complexity index is 1340. The summed E-state index contributed by atoms with van der Waals surface area (Å²) in [4.78, 5) is 24.3. The number of benzene rings is 2. The number of aromatic carboxylic acids is 1. The first kappa shape index (κ1) is 20.5. The summed E-state index contributed by atoms with van der Waals surface area (Å²) in [6.07, 6.45) is -0.451. The van der Waals surface area contributed by atoms with Gasteiger partial charge in [-0.15, -0.1) is 0 Å². The Morgan fingerprint density at radius 1 is 1.22 bits per heavy atom. The molecule has 3 aromatic rings. The highest BCUT2D eigenvalue weighted by Gasteiger charge is 2.41. The molecule has 5 rings (SSSR count). The average molecular weight is 448 g/mol. The van der Waals surface area contributed by atoms with E-state index >= 15 is 4.39 Å². The zero-order valence-electron chi connectivity index (χ0n) is 16.4. The molecule has 2 atom stereocenters. The van der Waals surface area contributed by atoms with Crippen molar-refractivity contribution in [3.8, 4) is 16.9 Å². The van der Waals surface area contributed by atoms with Gasteiger partial charge in [0, 0.05) is 25.7 Å². The SMILES string of the molecule is O=C(O)c1cn(C2CC2F)c2c(OC(F)F)c(-c3ccc4c(c3)CNC4)c(F)cc2c1=O. The molecule has 2 unspecified atom stereocenters. The lowest BCUT2D eigenvalue weighted by Gasteiger charge is -2.19. The van der Waals surface area contributed by atoms with Gasteiger partial charge >= 0.3 is 12.6 Å². The molecule has 1 aliphatic heterocycles. The van der Waals surface area contributed by atoms with E-state index < -0.39 is 52.7 Å². The van der Waals surface area contributed by atoms with Crippen molar-refractivity contribution >= 4 is 16.9 Å². The van der Waals surface area contributed by atoms with Crippen molar-refractivity contribution in [2.45, 2.75) is 38.3 Å². The molecule has 0 spiro atoms. The number of hydrogen-bond donors (Lipinski definition) is 2. The maximum atomic E-state index is 15.3. The second-order valence-electron chi connectivity index (χ2n) is 7.83. The van der Waals surface area contributed by atoms with Crippen molar-refractivity contribution in [2.24, 2.45) is 0 Å². The van der Waals surface area contributed by atoms with Crippen LogP contribution in [0.5, 0.6) is 5.75 Å². The quantitative estimate of drug-likeness (QED) is 0.577. The number of ether oxygens (including phenoxy) is 1. The highest BCUT2D eigenvalue weighted by Crippen LogP contribution is 2.46. The van der Waals surface area contributed by atoms with Crippen molar-refractivity contribution < 1.29 is 32.2 Å². The van der Waals surface area contributed by atoms with E-state index in [0.717, 1.165) is 28.0 Å². The fourth-order valence-electron chi connectivity index (χ4n) is 4.23. The summed E-state index contributed by atoms with van der Waals surface area (Å²) in [6, 6.07) is 4.85. The zero-order valence-corrected chi connectivity index (χ0v) is 16.4. The van der Waals surface area contributed by atoms with E-state index in [0.29, 0.717) is 13.1 Å². The van der Waals surface area contributed by atoms with Gasteiger partial charge in [0.25, 0.3) is 0 Å². The zero-order chi connectivity index (χ0) is 22.7. The summed E-state index contributed by atoms with van der Waals surface area (Å²) in [6.45, 7) is -2.23. The number of aromatic nitrogens is 1. The van der Waals surface area contributed by atoms with Gasteiger partial charge in [0.1, 0.15) is 17.6 Å². The van der Waals surface area contributed by atoms with E-state index in [1.54, 1.807) is 18.2 Å². The van der Waals surface area contributed by atoms with Gasteiger partial charge in [-0.1, -0.05) is 12.1 Å². The van der Waals surface area contributed by atoms with Crippen molar-refractivity contribution in [1.29, 1.82) is 0 Å². The predicted octanol–water partition coefficient (Wildman–Crippen LogP) is 3.99. The lowest BCUT2D eigenvalue weighted by molar-refractivity contribution is -0.0487. The van der Waals surface area contributed by atoms with Crippen LogP contribution in [0.2, 0.25) is 0 Å². The third-order valence-corrected chi connectivity index (χ3v) is 5.82. The van der Waals surface area contributed by atoms with Crippen LogP contribution in [-0.4, -0.2) is 28.4 Å². The van der Waals surface area contributed by atoms with Crippen molar-refractivity contribution in [3.05, 3.63) is 63.2 Å². The topological polar surface area (TPSA) is 80.6 Å². The molecule has 0 amide bonds. The Kier molecular flexibility index (Phi) is 4.70. The lowest BCUT2D eigenvalue weighted by Crippen LogP contribution is -2.20. The minimum absolute atomic E-state index is 0.00235. The molecule has 2 heterocycles. The number of rotatable bonds is 5. The van der Waals surface area contributed by atoms with Crippen LogP contribution in [0.15, 0.2) is 35.3 Å². The van der Waals surface area contributed by atoms with Crippen LogP contribution in [-0.2, 0) is 13.1 Å². The molecular weight excluding hydrogens is 432 g/mol. The molecule has 0 bridgehead atoms. The second-order valence-corrected chi connectivity index (χ2v) is 7.83. The van der Waals surface area contributed by atoms with Gasteiger partial charge in [-0.2, -0.15) is 8.78 Å². The van der Waals surface area contributed by atoms with Gasteiger partial charge in [-0.25, -0.2) is 13.6 Å². The molecule has 2 N–H and O–H groups in total. The summed E-state index contributed by atoms with van der Waals surface area (Å²) in [5, 5.41) is 12.0. The fourth-order valence-corrected chi connectivity index (χ4v) is 4.23. The van der Waals surface area contributed by atoms with Crippen LogP contribution >= 0.6 is 0 Å². The number of carboxylic acids is 1. The van der Waals surface area contributed by atoms with Gasteiger partial charge in [0.2, 0.25) is 5.43 Å². The van der Waals surface area contributed by atoms with Crippen LogP contribution in [0.25, 0.3) is 22.0 Å². The number of nitrogens with zero attached hydrogens (tertiary/aromatic N) is 1. The number of halogens is 4. The first-order valence-electron chi connectivity index (χ1n) is 9.82. The molecule has 1 fully saturated rings. The van der Waals surface area contributed by atoms with E-state index in [4.69, 9.17) is 4.74 Å².